The number of nitriles is 1. The van der Waals surface area contributed by atoms with Gasteiger partial charge in [0.15, 0.2) is 0 Å². The van der Waals surface area contributed by atoms with Crippen LogP contribution in [0.15, 0.2) is 16.6 Å². The highest BCUT2D eigenvalue weighted by molar-refractivity contribution is 14.1. The Balaban J connectivity index is 3.55. The highest BCUT2D eigenvalue weighted by Gasteiger charge is 2.16. The van der Waals surface area contributed by atoms with Crippen molar-refractivity contribution in [1.29, 1.82) is 5.26 Å². The average Bonchev–Trinajstić information content (AvgIpc) is 2.07. The maximum atomic E-state index is 10.8. The lowest BCUT2D eigenvalue weighted by Crippen LogP contribution is -2.03. The molecule has 0 saturated heterocycles. The van der Waals surface area contributed by atoms with Gasteiger partial charge in [-0.1, -0.05) is 0 Å². The van der Waals surface area contributed by atoms with E-state index in [0.717, 1.165) is 0 Å². The maximum Gasteiger partial charge on any atom is 0.338 e. The van der Waals surface area contributed by atoms with E-state index < -0.39 is 5.97 Å². The molecular weight excluding hydrogens is 349 g/mol. The van der Waals surface area contributed by atoms with Crippen LogP contribution in [0.1, 0.15) is 15.9 Å². The van der Waals surface area contributed by atoms with Gasteiger partial charge < -0.3 is 5.11 Å². The van der Waals surface area contributed by atoms with E-state index in [-0.39, 0.29) is 11.1 Å². The average molecular weight is 352 g/mol. The number of rotatable bonds is 1. The zero-order valence-corrected chi connectivity index (χ0v) is 9.96. The Morgan fingerprint density at radius 2 is 2.23 bits per heavy atom. The summed E-state index contributed by atoms with van der Waals surface area (Å²) in [6.45, 7) is 0. The highest BCUT2D eigenvalue weighted by Crippen LogP contribution is 2.24. The van der Waals surface area contributed by atoms with Crippen LogP contribution in [0.5, 0.6) is 0 Å². The van der Waals surface area contributed by atoms with Crippen molar-refractivity contribution < 1.29 is 9.90 Å². The maximum absolute atomic E-state index is 10.8. The molecular formula is C8H3BrINO2. The van der Waals surface area contributed by atoms with E-state index in [4.69, 9.17) is 10.4 Å². The summed E-state index contributed by atoms with van der Waals surface area (Å²) in [5.74, 6) is -1.08. The summed E-state index contributed by atoms with van der Waals surface area (Å²) in [6.07, 6.45) is 0. The number of carboxylic acids is 1. The predicted molar refractivity (Wildman–Crippen MR) is 58.5 cm³/mol. The van der Waals surface area contributed by atoms with Gasteiger partial charge >= 0.3 is 5.97 Å². The van der Waals surface area contributed by atoms with Crippen LogP contribution >= 0.6 is 38.5 Å². The third kappa shape index (κ3) is 2.00. The van der Waals surface area contributed by atoms with Crippen molar-refractivity contribution in [3.63, 3.8) is 0 Å². The quantitative estimate of drug-likeness (QED) is 0.791. The molecule has 0 unspecified atom stereocenters. The smallest absolute Gasteiger partial charge is 0.338 e. The standard InChI is InChI=1S/C8H3BrINO2/c9-5-1-2-6(10)7(8(12)13)4(5)3-11/h1-2H,(H,12,13). The number of hydrogen-bond acceptors (Lipinski definition) is 2. The summed E-state index contributed by atoms with van der Waals surface area (Å²) in [7, 11) is 0. The molecule has 3 nitrogen and oxygen atoms in total. The topological polar surface area (TPSA) is 61.1 Å². The summed E-state index contributed by atoms with van der Waals surface area (Å²) in [5, 5.41) is 17.6. The van der Waals surface area contributed by atoms with Gasteiger partial charge in [-0.15, -0.1) is 0 Å². The van der Waals surface area contributed by atoms with Crippen molar-refractivity contribution in [2.75, 3.05) is 0 Å². The number of nitrogens with zero attached hydrogens (tertiary/aromatic N) is 1. The highest BCUT2D eigenvalue weighted by atomic mass is 127. The Morgan fingerprint density at radius 3 is 2.62 bits per heavy atom. The van der Waals surface area contributed by atoms with E-state index in [2.05, 4.69) is 15.9 Å². The normalized spacial score (nSPS) is 9.31. The third-order valence-corrected chi connectivity index (χ3v) is 2.99. The Kier molecular flexibility index (Phi) is 3.27. The molecule has 5 heteroatoms. The van der Waals surface area contributed by atoms with Gasteiger partial charge in [0, 0.05) is 8.04 Å². The van der Waals surface area contributed by atoms with Gasteiger partial charge in [-0.2, -0.15) is 5.26 Å². The zero-order chi connectivity index (χ0) is 10.0. The number of carbonyl (C=O) groups is 1. The van der Waals surface area contributed by atoms with Gasteiger partial charge in [0.1, 0.15) is 6.07 Å². The van der Waals surface area contributed by atoms with Crippen molar-refractivity contribution in [2.45, 2.75) is 0 Å². The minimum Gasteiger partial charge on any atom is -0.478 e. The van der Waals surface area contributed by atoms with Crippen LogP contribution in [0, 0.1) is 14.9 Å². The molecule has 1 aromatic rings. The lowest BCUT2D eigenvalue weighted by atomic mass is 10.1. The number of hydrogen-bond donors (Lipinski definition) is 1. The van der Waals surface area contributed by atoms with Crippen LogP contribution in [0.3, 0.4) is 0 Å². The van der Waals surface area contributed by atoms with Crippen LogP contribution < -0.4 is 0 Å². The molecule has 0 radical (unpaired) electrons. The van der Waals surface area contributed by atoms with Crippen molar-refractivity contribution >= 4 is 44.5 Å². The van der Waals surface area contributed by atoms with Crippen LogP contribution in [0.4, 0.5) is 0 Å². The van der Waals surface area contributed by atoms with E-state index in [1.54, 1.807) is 12.1 Å². The summed E-state index contributed by atoms with van der Waals surface area (Å²) in [5.41, 5.74) is 0.219. The summed E-state index contributed by atoms with van der Waals surface area (Å²) >= 11 is 5.01. The van der Waals surface area contributed by atoms with Gasteiger partial charge in [-0.25, -0.2) is 4.79 Å². The lowest BCUT2D eigenvalue weighted by Gasteiger charge is -2.02. The number of carboxylic acid groups (broad SMARTS) is 1. The molecule has 1 aromatic carbocycles. The third-order valence-electron chi connectivity index (χ3n) is 1.43. The van der Waals surface area contributed by atoms with Gasteiger partial charge in [-0.05, 0) is 50.7 Å². The van der Waals surface area contributed by atoms with E-state index in [1.165, 1.54) is 0 Å². The zero-order valence-electron chi connectivity index (χ0n) is 6.21. The number of halogens is 2. The number of aromatic carboxylic acids is 1. The summed E-state index contributed by atoms with van der Waals surface area (Å²) < 4.78 is 1.07. The SMILES string of the molecule is N#Cc1c(Br)ccc(I)c1C(=O)O. The molecule has 0 amide bonds. The molecule has 1 N–H and O–H groups in total. The van der Waals surface area contributed by atoms with Crippen molar-refractivity contribution in [3.8, 4) is 6.07 Å². The molecule has 0 heterocycles. The summed E-state index contributed by atoms with van der Waals surface area (Å²) in [4.78, 5) is 10.8. The van der Waals surface area contributed by atoms with E-state index >= 15 is 0 Å². The Bertz CT molecular complexity index is 411. The van der Waals surface area contributed by atoms with Crippen molar-refractivity contribution in [2.24, 2.45) is 0 Å². The van der Waals surface area contributed by atoms with Crippen molar-refractivity contribution in [1.82, 2.24) is 0 Å². The second-order valence-corrected chi connectivity index (χ2v) is 4.21. The molecule has 0 atom stereocenters. The molecule has 1 rings (SSSR count). The molecule has 0 aromatic heterocycles. The first-order valence-corrected chi connectivity index (χ1v) is 5.06. The first kappa shape index (κ1) is 10.5. The molecule has 0 saturated carbocycles. The molecule has 0 aliphatic carbocycles. The predicted octanol–water partition coefficient (Wildman–Crippen LogP) is 2.62. The van der Waals surface area contributed by atoms with Crippen LogP contribution in [0.2, 0.25) is 0 Å². The Labute approximate surface area is 96.6 Å². The minimum atomic E-state index is -1.08. The van der Waals surface area contributed by atoms with Crippen molar-refractivity contribution in [3.05, 3.63) is 31.3 Å². The number of benzene rings is 1. The van der Waals surface area contributed by atoms with Gasteiger partial charge in [0.05, 0.1) is 11.1 Å². The van der Waals surface area contributed by atoms with Crippen LogP contribution in [-0.2, 0) is 0 Å². The molecule has 13 heavy (non-hydrogen) atoms. The molecule has 0 bridgehead atoms. The van der Waals surface area contributed by atoms with Gasteiger partial charge in [0.2, 0.25) is 0 Å². The lowest BCUT2D eigenvalue weighted by molar-refractivity contribution is 0.0695. The first-order valence-electron chi connectivity index (χ1n) is 3.19. The molecule has 0 fully saturated rings. The van der Waals surface area contributed by atoms with E-state index in [9.17, 15) is 4.79 Å². The van der Waals surface area contributed by atoms with Crippen LogP contribution in [-0.4, -0.2) is 11.1 Å². The second-order valence-electron chi connectivity index (χ2n) is 2.20. The molecule has 66 valence electrons. The van der Waals surface area contributed by atoms with E-state index in [0.29, 0.717) is 8.04 Å². The fraction of sp³-hybridized carbons (Fsp3) is 0. The van der Waals surface area contributed by atoms with Gasteiger partial charge in [-0.3, -0.25) is 0 Å². The monoisotopic (exact) mass is 351 g/mol. The second kappa shape index (κ2) is 4.07. The molecule has 0 aliphatic rings. The fourth-order valence-corrected chi connectivity index (χ4v) is 1.97. The fourth-order valence-electron chi connectivity index (χ4n) is 0.870. The largest absolute Gasteiger partial charge is 0.478 e. The first-order chi connectivity index (χ1) is 6.07. The summed E-state index contributed by atoms with van der Waals surface area (Å²) in [6, 6.07) is 5.16. The minimum absolute atomic E-state index is 0.0532. The molecule has 0 aliphatic heterocycles. The van der Waals surface area contributed by atoms with E-state index in [1.807, 2.05) is 28.7 Å². The van der Waals surface area contributed by atoms with Crippen LogP contribution in [0.25, 0.3) is 0 Å². The Morgan fingerprint density at radius 1 is 1.62 bits per heavy atom. The molecule has 0 spiro atoms. The van der Waals surface area contributed by atoms with Gasteiger partial charge in [0.25, 0.3) is 0 Å². The Hall–Kier alpha value is -0.610.